The lowest BCUT2D eigenvalue weighted by molar-refractivity contribution is -0.115. The Balaban J connectivity index is 1.51. The van der Waals surface area contributed by atoms with Gasteiger partial charge in [0.25, 0.3) is 0 Å². The molecule has 7 nitrogen and oxygen atoms in total. The van der Waals surface area contributed by atoms with E-state index in [1.165, 1.54) is 28.7 Å². The van der Waals surface area contributed by atoms with Crippen molar-refractivity contribution in [3.63, 3.8) is 0 Å². The molecule has 132 valence electrons. The van der Waals surface area contributed by atoms with Crippen molar-refractivity contribution < 1.29 is 9.59 Å². The lowest BCUT2D eigenvalue weighted by Crippen LogP contribution is -2.14. The van der Waals surface area contributed by atoms with Crippen molar-refractivity contribution in [3.8, 4) is 0 Å². The molecular formula is C17H15N5O2S2. The first-order chi connectivity index (χ1) is 12.6. The third kappa shape index (κ3) is 5.30. The lowest BCUT2D eigenvalue weighted by Gasteiger charge is -1.98. The summed E-state index contributed by atoms with van der Waals surface area (Å²) in [5.74, 6) is -0.503. The summed E-state index contributed by atoms with van der Waals surface area (Å²) >= 11 is 2.58. The zero-order chi connectivity index (χ0) is 18.4. The highest BCUT2D eigenvalue weighted by atomic mass is 32.1. The second-order valence-electron chi connectivity index (χ2n) is 5.23. The van der Waals surface area contributed by atoms with Crippen LogP contribution in [0.5, 0.6) is 0 Å². The van der Waals surface area contributed by atoms with E-state index < -0.39 is 0 Å². The molecule has 2 aromatic heterocycles. The van der Waals surface area contributed by atoms with Crippen LogP contribution in [0.2, 0.25) is 0 Å². The fraction of sp³-hybridized carbons (Fsp3) is 0.118. The van der Waals surface area contributed by atoms with Crippen molar-refractivity contribution in [3.05, 3.63) is 58.1 Å². The maximum atomic E-state index is 12.0. The van der Waals surface area contributed by atoms with Crippen LogP contribution in [0.3, 0.4) is 0 Å². The standard InChI is InChI=1S/C17H15N5O2S2/c1-11-21-22-17(26-11)20-15(24)9-13-10-25-16(18-13)19-14(23)8-7-12-5-3-2-4-6-12/h2-8,10H,9H2,1H3,(H,18,19,23)(H,20,22,24)/b8-7+. The predicted octanol–water partition coefficient (Wildman–Crippen LogP) is 3.14. The van der Waals surface area contributed by atoms with E-state index >= 15 is 0 Å². The van der Waals surface area contributed by atoms with E-state index in [-0.39, 0.29) is 18.2 Å². The number of thiazole rings is 1. The average Bonchev–Trinajstić information content (AvgIpc) is 3.22. The Morgan fingerprint density at radius 2 is 1.92 bits per heavy atom. The van der Waals surface area contributed by atoms with Gasteiger partial charge < -0.3 is 5.32 Å². The Morgan fingerprint density at radius 3 is 2.65 bits per heavy atom. The van der Waals surface area contributed by atoms with Crippen LogP contribution in [0.15, 0.2) is 41.8 Å². The quantitative estimate of drug-likeness (QED) is 0.636. The number of nitrogens with one attached hydrogen (secondary N) is 2. The molecule has 0 saturated heterocycles. The van der Waals surface area contributed by atoms with Crippen LogP contribution in [0.1, 0.15) is 16.3 Å². The summed E-state index contributed by atoms with van der Waals surface area (Å²) in [6.07, 6.45) is 3.27. The summed E-state index contributed by atoms with van der Waals surface area (Å²) in [6, 6.07) is 9.53. The number of aromatic nitrogens is 3. The topological polar surface area (TPSA) is 96.9 Å². The van der Waals surface area contributed by atoms with E-state index in [0.717, 1.165) is 10.6 Å². The number of amides is 2. The number of hydrogen-bond acceptors (Lipinski definition) is 7. The number of carbonyl (C=O) groups is 2. The molecule has 0 radical (unpaired) electrons. The maximum absolute atomic E-state index is 12.0. The number of aryl methyl sites for hydroxylation is 1. The van der Waals surface area contributed by atoms with Crippen molar-refractivity contribution in [2.24, 2.45) is 0 Å². The minimum atomic E-state index is -0.275. The van der Waals surface area contributed by atoms with E-state index in [4.69, 9.17) is 0 Å². The fourth-order valence-electron chi connectivity index (χ4n) is 2.00. The zero-order valence-electron chi connectivity index (χ0n) is 13.8. The normalized spacial score (nSPS) is 10.8. The van der Waals surface area contributed by atoms with Crippen LogP contribution < -0.4 is 10.6 Å². The van der Waals surface area contributed by atoms with Crippen LogP contribution in [0.25, 0.3) is 6.08 Å². The van der Waals surface area contributed by atoms with Gasteiger partial charge in [0.2, 0.25) is 16.9 Å². The Labute approximate surface area is 157 Å². The van der Waals surface area contributed by atoms with Gasteiger partial charge in [-0.3, -0.25) is 14.9 Å². The molecule has 0 aliphatic rings. The monoisotopic (exact) mass is 385 g/mol. The van der Waals surface area contributed by atoms with Gasteiger partial charge in [0.1, 0.15) is 5.01 Å². The molecule has 0 saturated carbocycles. The van der Waals surface area contributed by atoms with Gasteiger partial charge in [0, 0.05) is 11.5 Å². The molecule has 0 fully saturated rings. The van der Waals surface area contributed by atoms with Crippen molar-refractivity contribution in [2.75, 3.05) is 10.6 Å². The fourth-order valence-corrected chi connectivity index (χ4v) is 3.32. The molecular weight excluding hydrogens is 370 g/mol. The number of rotatable bonds is 6. The van der Waals surface area contributed by atoms with E-state index in [2.05, 4.69) is 25.8 Å². The van der Waals surface area contributed by atoms with Crippen LogP contribution in [0.4, 0.5) is 10.3 Å². The molecule has 2 amide bonds. The van der Waals surface area contributed by atoms with Crippen LogP contribution in [0, 0.1) is 6.92 Å². The summed E-state index contributed by atoms with van der Waals surface area (Å²) in [5.41, 5.74) is 1.52. The second-order valence-corrected chi connectivity index (χ2v) is 7.27. The second kappa shape index (κ2) is 8.45. The molecule has 26 heavy (non-hydrogen) atoms. The maximum Gasteiger partial charge on any atom is 0.250 e. The predicted molar refractivity (Wildman–Crippen MR) is 103 cm³/mol. The van der Waals surface area contributed by atoms with E-state index in [9.17, 15) is 9.59 Å². The number of benzene rings is 1. The third-order valence-corrected chi connectivity index (χ3v) is 4.68. The highest BCUT2D eigenvalue weighted by molar-refractivity contribution is 7.15. The van der Waals surface area contributed by atoms with Gasteiger partial charge >= 0.3 is 0 Å². The van der Waals surface area contributed by atoms with Crippen molar-refractivity contribution in [2.45, 2.75) is 13.3 Å². The van der Waals surface area contributed by atoms with Crippen LogP contribution in [-0.4, -0.2) is 27.0 Å². The third-order valence-electron chi connectivity index (χ3n) is 3.12. The number of carbonyl (C=O) groups excluding carboxylic acids is 2. The van der Waals surface area contributed by atoms with Gasteiger partial charge in [-0.05, 0) is 18.6 Å². The molecule has 3 aromatic rings. The largest absolute Gasteiger partial charge is 0.300 e. The van der Waals surface area contributed by atoms with E-state index in [1.807, 2.05) is 37.3 Å². The van der Waals surface area contributed by atoms with Gasteiger partial charge in [-0.1, -0.05) is 41.7 Å². The first kappa shape index (κ1) is 17.9. The highest BCUT2D eigenvalue weighted by Crippen LogP contribution is 2.17. The first-order valence-corrected chi connectivity index (χ1v) is 9.36. The summed E-state index contributed by atoms with van der Waals surface area (Å²) in [6.45, 7) is 1.81. The molecule has 0 aliphatic heterocycles. The van der Waals surface area contributed by atoms with Gasteiger partial charge in [-0.2, -0.15) is 0 Å². The molecule has 0 bridgehead atoms. The van der Waals surface area contributed by atoms with Crippen LogP contribution >= 0.6 is 22.7 Å². The number of nitrogens with zero attached hydrogens (tertiary/aromatic N) is 3. The molecule has 0 aliphatic carbocycles. The van der Waals surface area contributed by atoms with E-state index in [1.54, 1.807) is 11.5 Å². The lowest BCUT2D eigenvalue weighted by atomic mass is 10.2. The molecule has 0 spiro atoms. The Bertz CT molecular complexity index is 934. The van der Waals surface area contributed by atoms with Crippen molar-refractivity contribution >= 4 is 50.8 Å². The molecule has 0 unspecified atom stereocenters. The zero-order valence-corrected chi connectivity index (χ0v) is 15.4. The summed E-state index contributed by atoms with van der Waals surface area (Å²) < 4.78 is 0. The van der Waals surface area contributed by atoms with Gasteiger partial charge in [0.15, 0.2) is 5.13 Å². The Kier molecular flexibility index (Phi) is 5.82. The number of hydrogen-bond donors (Lipinski definition) is 2. The van der Waals surface area contributed by atoms with E-state index in [0.29, 0.717) is 16.0 Å². The summed E-state index contributed by atoms with van der Waals surface area (Å²) in [4.78, 5) is 28.2. The molecule has 0 atom stereocenters. The van der Waals surface area contributed by atoms with Gasteiger partial charge in [-0.25, -0.2) is 4.98 Å². The average molecular weight is 385 g/mol. The Hall–Kier alpha value is -2.91. The molecule has 2 heterocycles. The van der Waals surface area contributed by atoms with Crippen LogP contribution in [-0.2, 0) is 16.0 Å². The summed E-state index contributed by atoms with van der Waals surface area (Å²) in [7, 11) is 0. The van der Waals surface area contributed by atoms with Crippen molar-refractivity contribution in [1.29, 1.82) is 0 Å². The van der Waals surface area contributed by atoms with Gasteiger partial charge in [0.05, 0.1) is 12.1 Å². The molecule has 3 rings (SSSR count). The molecule has 9 heteroatoms. The number of anilines is 2. The van der Waals surface area contributed by atoms with Crippen molar-refractivity contribution in [1.82, 2.24) is 15.2 Å². The molecule has 2 N–H and O–H groups in total. The summed E-state index contributed by atoms with van der Waals surface area (Å²) in [5, 5.41) is 16.5. The smallest absolute Gasteiger partial charge is 0.250 e. The SMILES string of the molecule is Cc1nnc(NC(=O)Cc2csc(NC(=O)/C=C/c3ccccc3)n2)s1. The van der Waals surface area contributed by atoms with Gasteiger partial charge in [-0.15, -0.1) is 21.5 Å². The molecule has 1 aromatic carbocycles. The first-order valence-electron chi connectivity index (χ1n) is 7.67. The Morgan fingerprint density at radius 1 is 1.12 bits per heavy atom. The highest BCUT2D eigenvalue weighted by Gasteiger charge is 2.11. The minimum Gasteiger partial charge on any atom is -0.300 e. The minimum absolute atomic E-state index is 0.102.